The smallest absolute Gasteiger partial charge is 0.176 e. The number of halogens is 2. The van der Waals surface area contributed by atoms with E-state index in [4.69, 9.17) is 18.0 Å². The number of hydrogen-bond acceptors (Lipinski definition) is 2. The molecule has 25 heavy (non-hydrogen) atoms. The van der Waals surface area contributed by atoms with Gasteiger partial charge >= 0.3 is 0 Å². The Morgan fingerprint density at radius 3 is 2.72 bits per heavy atom. The standard InChI is InChI=1S/C21H21ClFNO/c1-3-17-12-16(13-19(22)21(17)23)9-7-8-15(2)24-14-20(25)18-10-5-4-6-11-18/h1,4-6,10-13,15,24H,7-9,14H2,2H3/t15-/m0/s1. The summed E-state index contributed by atoms with van der Waals surface area (Å²) >= 11 is 5.86. The van der Waals surface area contributed by atoms with E-state index >= 15 is 0 Å². The molecule has 0 fully saturated rings. The third kappa shape index (κ3) is 5.70. The van der Waals surface area contributed by atoms with Crippen molar-refractivity contribution in [2.24, 2.45) is 0 Å². The third-order valence-electron chi connectivity index (χ3n) is 4.05. The van der Waals surface area contributed by atoms with Gasteiger partial charge in [-0.2, -0.15) is 0 Å². The molecule has 4 heteroatoms. The lowest BCUT2D eigenvalue weighted by Crippen LogP contribution is -2.31. The SMILES string of the molecule is C#Cc1cc(CCC[C@H](C)NCC(=O)c2ccccc2)cc(Cl)c1F. The minimum atomic E-state index is -0.539. The largest absolute Gasteiger partial charge is 0.307 e. The van der Waals surface area contributed by atoms with Gasteiger partial charge in [-0.15, -0.1) is 6.42 Å². The van der Waals surface area contributed by atoms with E-state index in [1.807, 2.05) is 37.3 Å². The Kier molecular flexibility index (Phi) is 7.18. The fourth-order valence-corrected chi connectivity index (χ4v) is 2.84. The minimum Gasteiger partial charge on any atom is -0.307 e. The second kappa shape index (κ2) is 9.36. The molecule has 0 amide bonds. The molecule has 2 aromatic carbocycles. The number of terminal acetylenes is 1. The summed E-state index contributed by atoms with van der Waals surface area (Å²) in [5.41, 5.74) is 1.83. The molecule has 0 saturated carbocycles. The van der Waals surface area contributed by atoms with Crippen LogP contribution in [0.2, 0.25) is 5.02 Å². The van der Waals surface area contributed by atoms with Crippen LogP contribution < -0.4 is 5.32 Å². The highest BCUT2D eigenvalue weighted by atomic mass is 35.5. The van der Waals surface area contributed by atoms with Gasteiger partial charge < -0.3 is 5.32 Å². The van der Waals surface area contributed by atoms with E-state index in [0.717, 1.165) is 24.8 Å². The van der Waals surface area contributed by atoms with Gasteiger partial charge in [0, 0.05) is 11.6 Å². The van der Waals surface area contributed by atoms with Crippen LogP contribution in [0.3, 0.4) is 0 Å². The maximum Gasteiger partial charge on any atom is 0.176 e. The summed E-state index contributed by atoms with van der Waals surface area (Å²) in [5, 5.41) is 3.30. The normalized spacial score (nSPS) is 11.8. The van der Waals surface area contributed by atoms with Gasteiger partial charge in [0.2, 0.25) is 0 Å². The van der Waals surface area contributed by atoms with Crippen molar-refractivity contribution >= 4 is 17.4 Å². The second-order valence-corrected chi connectivity index (χ2v) is 6.45. The predicted molar refractivity (Wildman–Crippen MR) is 101 cm³/mol. The first-order valence-electron chi connectivity index (χ1n) is 8.27. The Morgan fingerprint density at radius 1 is 1.32 bits per heavy atom. The molecule has 0 bridgehead atoms. The average molecular weight is 358 g/mol. The van der Waals surface area contributed by atoms with Gasteiger partial charge in [-0.3, -0.25) is 4.79 Å². The van der Waals surface area contributed by atoms with Crippen molar-refractivity contribution < 1.29 is 9.18 Å². The second-order valence-electron chi connectivity index (χ2n) is 6.05. The molecular formula is C21H21ClFNO. The van der Waals surface area contributed by atoms with E-state index in [9.17, 15) is 9.18 Å². The van der Waals surface area contributed by atoms with E-state index in [2.05, 4.69) is 11.2 Å². The minimum absolute atomic E-state index is 0.0603. The topological polar surface area (TPSA) is 29.1 Å². The molecule has 0 aliphatic carbocycles. The molecule has 0 saturated heterocycles. The highest BCUT2D eigenvalue weighted by Gasteiger charge is 2.10. The van der Waals surface area contributed by atoms with E-state index in [-0.39, 0.29) is 22.4 Å². The van der Waals surface area contributed by atoms with Gasteiger partial charge in [-0.25, -0.2) is 4.39 Å². The molecule has 1 N–H and O–H groups in total. The number of carbonyl (C=O) groups excluding carboxylic acids is 1. The molecule has 0 unspecified atom stereocenters. The zero-order chi connectivity index (χ0) is 18.2. The number of benzene rings is 2. The number of aryl methyl sites for hydroxylation is 1. The third-order valence-corrected chi connectivity index (χ3v) is 4.33. The number of carbonyl (C=O) groups is 1. The summed E-state index contributed by atoms with van der Waals surface area (Å²) < 4.78 is 13.6. The molecule has 2 nitrogen and oxygen atoms in total. The summed E-state index contributed by atoms with van der Waals surface area (Å²) in [4.78, 5) is 12.1. The van der Waals surface area contributed by atoms with Crippen molar-refractivity contribution in [3.63, 3.8) is 0 Å². The maximum atomic E-state index is 13.6. The van der Waals surface area contributed by atoms with E-state index in [0.29, 0.717) is 12.1 Å². The Labute approximate surface area is 153 Å². The van der Waals surface area contributed by atoms with Gasteiger partial charge in [0.1, 0.15) is 0 Å². The lowest BCUT2D eigenvalue weighted by molar-refractivity contribution is 0.0987. The highest BCUT2D eigenvalue weighted by molar-refractivity contribution is 6.30. The van der Waals surface area contributed by atoms with Crippen LogP contribution in [0.4, 0.5) is 4.39 Å². The van der Waals surface area contributed by atoms with Crippen LogP contribution in [-0.2, 0) is 6.42 Å². The monoisotopic (exact) mass is 357 g/mol. The molecule has 0 aromatic heterocycles. The van der Waals surface area contributed by atoms with Crippen LogP contribution in [-0.4, -0.2) is 18.4 Å². The van der Waals surface area contributed by atoms with Crippen molar-refractivity contribution in [2.75, 3.05) is 6.54 Å². The molecule has 130 valence electrons. The van der Waals surface area contributed by atoms with Gasteiger partial charge in [0.05, 0.1) is 17.1 Å². The molecule has 2 rings (SSSR count). The first-order valence-corrected chi connectivity index (χ1v) is 8.65. The summed E-state index contributed by atoms with van der Waals surface area (Å²) in [6.07, 6.45) is 7.83. The summed E-state index contributed by atoms with van der Waals surface area (Å²) in [5.74, 6) is 1.86. The fourth-order valence-electron chi connectivity index (χ4n) is 2.60. The maximum absolute atomic E-state index is 13.6. The Balaban J connectivity index is 1.77. The lowest BCUT2D eigenvalue weighted by atomic mass is 10.0. The van der Waals surface area contributed by atoms with Crippen LogP contribution >= 0.6 is 11.6 Å². The molecule has 0 spiro atoms. The lowest BCUT2D eigenvalue weighted by Gasteiger charge is -2.13. The van der Waals surface area contributed by atoms with E-state index in [1.54, 1.807) is 12.1 Å². The van der Waals surface area contributed by atoms with E-state index < -0.39 is 5.82 Å². The van der Waals surface area contributed by atoms with Crippen molar-refractivity contribution in [2.45, 2.75) is 32.2 Å². The van der Waals surface area contributed by atoms with Gasteiger partial charge in [0.15, 0.2) is 11.6 Å². The summed E-state index contributed by atoms with van der Waals surface area (Å²) in [7, 11) is 0. The predicted octanol–water partition coefficient (Wildman–Crippen LogP) is 4.64. The number of rotatable bonds is 8. The number of nitrogens with one attached hydrogen (secondary N) is 1. The van der Waals surface area contributed by atoms with Crippen LogP contribution in [0.5, 0.6) is 0 Å². The number of hydrogen-bond donors (Lipinski definition) is 1. The van der Waals surface area contributed by atoms with Gasteiger partial charge in [-0.05, 0) is 43.9 Å². The zero-order valence-corrected chi connectivity index (χ0v) is 14.9. The first-order chi connectivity index (χ1) is 12.0. The van der Waals surface area contributed by atoms with Crippen LogP contribution in [0.15, 0.2) is 42.5 Å². The van der Waals surface area contributed by atoms with Crippen LogP contribution in [0.1, 0.15) is 41.3 Å². The highest BCUT2D eigenvalue weighted by Crippen LogP contribution is 2.21. The van der Waals surface area contributed by atoms with Gasteiger partial charge in [-0.1, -0.05) is 47.9 Å². The van der Waals surface area contributed by atoms with Crippen molar-refractivity contribution in [3.05, 3.63) is 70.0 Å². The Hall–Kier alpha value is -2.15. The quantitative estimate of drug-likeness (QED) is 0.550. The molecule has 1 atom stereocenters. The molecule has 0 heterocycles. The van der Waals surface area contributed by atoms with Crippen molar-refractivity contribution in [1.82, 2.24) is 5.32 Å². The number of ketones is 1. The molecule has 2 aromatic rings. The fraction of sp³-hybridized carbons (Fsp3) is 0.286. The first kappa shape index (κ1) is 19.2. The van der Waals surface area contributed by atoms with Crippen molar-refractivity contribution in [3.8, 4) is 12.3 Å². The summed E-state index contributed by atoms with van der Waals surface area (Å²) in [6, 6.07) is 12.7. The average Bonchev–Trinajstić information content (AvgIpc) is 2.63. The molecular weight excluding hydrogens is 337 g/mol. The molecule has 0 aliphatic heterocycles. The van der Waals surface area contributed by atoms with Gasteiger partial charge in [0.25, 0.3) is 0 Å². The Morgan fingerprint density at radius 2 is 2.04 bits per heavy atom. The Bertz CT molecular complexity index is 767. The van der Waals surface area contributed by atoms with Crippen LogP contribution in [0.25, 0.3) is 0 Å². The molecule has 0 aliphatic rings. The zero-order valence-electron chi connectivity index (χ0n) is 14.2. The van der Waals surface area contributed by atoms with Crippen LogP contribution in [0, 0.1) is 18.2 Å². The summed E-state index contributed by atoms with van der Waals surface area (Å²) in [6.45, 7) is 2.36. The van der Waals surface area contributed by atoms with E-state index in [1.165, 1.54) is 0 Å². The number of Topliss-reactive ketones (excluding diaryl/α,β-unsaturated/α-hetero) is 1. The van der Waals surface area contributed by atoms with Crippen molar-refractivity contribution in [1.29, 1.82) is 0 Å². The molecule has 0 radical (unpaired) electrons.